The van der Waals surface area contributed by atoms with Crippen molar-refractivity contribution in [1.82, 2.24) is 9.97 Å². The Morgan fingerprint density at radius 2 is 2.15 bits per heavy atom. The number of nitrogens with one attached hydrogen (secondary N) is 1. The van der Waals surface area contributed by atoms with Gasteiger partial charge in [0.2, 0.25) is 0 Å². The fourth-order valence-corrected chi connectivity index (χ4v) is 3.16. The van der Waals surface area contributed by atoms with Crippen molar-refractivity contribution >= 4 is 0 Å². The summed E-state index contributed by atoms with van der Waals surface area (Å²) in [5, 5.41) is 0. The second kappa shape index (κ2) is 4.47. The molecule has 1 aromatic carbocycles. The Balaban J connectivity index is 1.70. The molecule has 1 atom stereocenters. The standard InChI is InChI=1S/C16H16N2O2/c19-16-12-5-3-6-13(12)17-15(18-16)11-8-10-4-1-2-7-14(10)20-9-11/h1-2,4,7,11H,3,5-6,8-9H2,(H,17,18,19). The van der Waals surface area contributed by atoms with E-state index in [1.807, 2.05) is 18.2 Å². The third-order valence-corrected chi connectivity index (χ3v) is 4.23. The number of para-hydroxylation sites is 1. The molecule has 2 aromatic rings. The van der Waals surface area contributed by atoms with Gasteiger partial charge in [0.1, 0.15) is 11.6 Å². The van der Waals surface area contributed by atoms with Crippen LogP contribution in [0.25, 0.3) is 0 Å². The summed E-state index contributed by atoms with van der Waals surface area (Å²) in [4.78, 5) is 19.7. The van der Waals surface area contributed by atoms with Crippen molar-refractivity contribution in [2.45, 2.75) is 31.6 Å². The number of aromatic nitrogens is 2. The zero-order valence-electron chi connectivity index (χ0n) is 11.2. The van der Waals surface area contributed by atoms with E-state index in [0.717, 1.165) is 48.5 Å². The highest BCUT2D eigenvalue weighted by Crippen LogP contribution is 2.31. The Labute approximate surface area is 116 Å². The summed E-state index contributed by atoms with van der Waals surface area (Å²) < 4.78 is 5.79. The number of fused-ring (bicyclic) bond motifs is 2. The predicted octanol–water partition coefficient (Wildman–Crippen LogP) is 1.98. The fraction of sp³-hybridized carbons (Fsp3) is 0.375. The van der Waals surface area contributed by atoms with Gasteiger partial charge in [-0.25, -0.2) is 4.98 Å². The van der Waals surface area contributed by atoms with Crippen molar-refractivity contribution in [2.24, 2.45) is 0 Å². The van der Waals surface area contributed by atoms with Crippen LogP contribution < -0.4 is 10.3 Å². The molecule has 102 valence electrons. The number of ether oxygens (including phenoxy) is 1. The van der Waals surface area contributed by atoms with Gasteiger partial charge in [-0.2, -0.15) is 0 Å². The second-order valence-electron chi connectivity index (χ2n) is 5.55. The molecule has 20 heavy (non-hydrogen) atoms. The van der Waals surface area contributed by atoms with Gasteiger partial charge in [-0.3, -0.25) is 4.79 Å². The topological polar surface area (TPSA) is 55.0 Å². The van der Waals surface area contributed by atoms with Gasteiger partial charge in [0.15, 0.2) is 0 Å². The van der Waals surface area contributed by atoms with Crippen LogP contribution in [0, 0.1) is 0 Å². The Bertz CT molecular complexity index is 721. The molecular formula is C16H16N2O2. The quantitative estimate of drug-likeness (QED) is 0.860. The van der Waals surface area contributed by atoms with E-state index in [0.29, 0.717) is 6.61 Å². The van der Waals surface area contributed by atoms with Gasteiger partial charge in [-0.15, -0.1) is 0 Å². The number of H-pyrrole nitrogens is 1. The first-order valence-corrected chi connectivity index (χ1v) is 7.14. The average Bonchev–Trinajstić information content (AvgIpc) is 2.96. The van der Waals surface area contributed by atoms with Crippen LogP contribution in [-0.4, -0.2) is 16.6 Å². The molecule has 4 nitrogen and oxygen atoms in total. The molecule has 0 saturated carbocycles. The first-order valence-electron chi connectivity index (χ1n) is 7.14. The average molecular weight is 268 g/mol. The van der Waals surface area contributed by atoms with E-state index in [4.69, 9.17) is 4.74 Å². The van der Waals surface area contributed by atoms with Gasteiger partial charge in [0, 0.05) is 5.56 Å². The van der Waals surface area contributed by atoms with Crippen LogP contribution in [0.5, 0.6) is 5.75 Å². The zero-order chi connectivity index (χ0) is 13.5. The smallest absolute Gasteiger partial charge is 0.254 e. The zero-order valence-corrected chi connectivity index (χ0v) is 11.2. The van der Waals surface area contributed by atoms with Crippen LogP contribution in [-0.2, 0) is 19.3 Å². The van der Waals surface area contributed by atoms with Crippen molar-refractivity contribution in [3.63, 3.8) is 0 Å². The highest BCUT2D eigenvalue weighted by atomic mass is 16.5. The Hall–Kier alpha value is -2.10. The second-order valence-corrected chi connectivity index (χ2v) is 5.55. The van der Waals surface area contributed by atoms with Gasteiger partial charge in [-0.1, -0.05) is 18.2 Å². The van der Waals surface area contributed by atoms with E-state index in [2.05, 4.69) is 16.0 Å². The SMILES string of the molecule is O=c1[nH]c(C2COc3ccccc3C2)nc2c1CCC2. The third kappa shape index (κ3) is 1.83. The normalized spacial score (nSPS) is 20.1. The summed E-state index contributed by atoms with van der Waals surface area (Å²) in [7, 11) is 0. The highest BCUT2D eigenvalue weighted by molar-refractivity contribution is 5.36. The number of nitrogens with zero attached hydrogens (tertiary/aromatic N) is 1. The van der Waals surface area contributed by atoms with Gasteiger partial charge in [0.05, 0.1) is 18.2 Å². The Morgan fingerprint density at radius 3 is 3.10 bits per heavy atom. The van der Waals surface area contributed by atoms with Crippen LogP contribution in [0.3, 0.4) is 0 Å². The number of hydrogen-bond acceptors (Lipinski definition) is 3. The van der Waals surface area contributed by atoms with E-state index in [1.54, 1.807) is 0 Å². The number of benzene rings is 1. The molecule has 0 fully saturated rings. The molecular weight excluding hydrogens is 252 g/mol. The summed E-state index contributed by atoms with van der Waals surface area (Å²) in [6, 6.07) is 8.06. The Morgan fingerprint density at radius 1 is 1.25 bits per heavy atom. The fourth-order valence-electron chi connectivity index (χ4n) is 3.16. The van der Waals surface area contributed by atoms with E-state index in [1.165, 1.54) is 5.56 Å². The molecule has 1 aliphatic carbocycles. The number of aryl methyl sites for hydroxylation is 1. The summed E-state index contributed by atoms with van der Waals surface area (Å²) in [5.41, 5.74) is 3.10. The maximum absolute atomic E-state index is 12.1. The minimum absolute atomic E-state index is 0.0429. The highest BCUT2D eigenvalue weighted by Gasteiger charge is 2.25. The lowest BCUT2D eigenvalue weighted by atomic mass is 9.96. The largest absolute Gasteiger partial charge is 0.493 e. The molecule has 1 unspecified atom stereocenters. The van der Waals surface area contributed by atoms with E-state index in [-0.39, 0.29) is 11.5 Å². The lowest BCUT2D eigenvalue weighted by molar-refractivity contribution is 0.257. The van der Waals surface area contributed by atoms with Crippen molar-refractivity contribution in [3.8, 4) is 5.75 Å². The maximum atomic E-state index is 12.1. The molecule has 1 N–H and O–H groups in total. The lowest BCUT2D eigenvalue weighted by Crippen LogP contribution is -2.25. The van der Waals surface area contributed by atoms with E-state index >= 15 is 0 Å². The number of aromatic amines is 1. The van der Waals surface area contributed by atoms with Crippen LogP contribution >= 0.6 is 0 Å². The Kier molecular flexibility index (Phi) is 2.62. The van der Waals surface area contributed by atoms with Crippen LogP contribution in [0.15, 0.2) is 29.1 Å². The molecule has 0 spiro atoms. The molecule has 4 heteroatoms. The predicted molar refractivity (Wildman–Crippen MR) is 75.3 cm³/mol. The monoisotopic (exact) mass is 268 g/mol. The molecule has 0 radical (unpaired) electrons. The maximum Gasteiger partial charge on any atom is 0.254 e. The third-order valence-electron chi connectivity index (χ3n) is 4.23. The van der Waals surface area contributed by atoms with Crippen molar-refractivity contribution in [2.75, 3.05) is 6.61 Å². The van der Waals surface area contributed by atoms with Crippen molar-refractivity contribution in [1.29, 1.82) is 0 Å². The van der Waals surface area contributed by atoms with Gasteiger partial charge >= 0.3 is 0 Å². The van der Waals surface area contributed by atoms with Gasteiger partial charge in [0.25, 0.3) is 5.56 Å². The minimum Gasteiger partial charge on any atom is -0.493 e. The molecule has 1 aliphatic heterocycles. The van der Waals surface area contributed by atoms with Crippen molar-refractivity contribution < 1.29 is 4.74 Å². The number of rotatable bonds is 1. The van der Waals surface area contributed by atoms with Crippen LogP contribution in [0.4, 0.5) is 0 Å². The van der Waals surface area contributed by atoms with Gasteiger partial charge < -0.3 is 9.72 Å². The molecule has 0 bridgehead atoms. The summed E-state index contributed by atoms with van der Waals surface area (Å²) in [6.07, 6.45) is 3.70. The van der Waals surface area contributed by atoms with E-state index in [9.17, 15) is 4.79 Å². The molecule has 2 aliphatic rings. The lowest BCUT2D eigenvalue weighted by Gasteiger charge is -2.24. The summed E-state index contributed by atoms with van der Waals surface area (Å²) in [6.45, 7) is 0.582. The van der Waals surface area contributed by atoms with E-state index < -0.39 is 0 Å². The summed E-state index contributed by atoms with van der Waals surface area (Å²) in [5.74, 6) is 1.88. The minimum atomic E-state index is 0.0429. The molecule has 0 amide bonds. The number of hydrogen-bond donors (Lipinski definition) is 1. The molecule has 4 rings (SSSR count). The van der Waals surface area contributed by atoms with Crippen LogP contribution in [0.2, 0.25) is 0 Å². The van der Waals surface area contributed by atoms with Crippen LogP contribution in [0.1, 0.15) is 35.0 Å². The first kappa shape index (κ1) is 11.7. The van der Waals surface area contributed by atoms with Crippen molar-refractivity contribution in [3.05, 3.63) is 57.3 Å². The van der Waals surface area contributed by atoms with Gasteiger partial charge in [-0.05, 0) is 37.3 Å². The molecule has 2 heterocycles. The molecule has 1 aromatic heterocycles. The first-order chi connectivity index (χ1) is 9.81. The summed E-state index contributed by atoms with van der Waals surface area (Å²) >= 11 is 0. The molecule has 0 saturated heterocycles.